The van der Waals surface area contributed by atoms with E-state index < -0.39 is 20.1 Å². The summed E-state index contributed by atoms with van der Waals surface area (Å²) in [5.74, 6) is -2.82. The molecule has 0 aliphatic heterocycles. The number of halogens is 2. The fourth-order valence-corrected chi connectivity index (χ4v) is 4.10. The van der Waals surface area contributed by atoms with Gasteiger partial charge in [-0.05, 0) is 29.8 Å². The predicted molar refractivity (Wildman–Crippen MR) is 99.8 cm³/mol. The second kappa shape index (κ2) is 7.45. The second-order valence-corrected chi connectivity index (χ2v) is 11.8. The molecule has 0 heterocycles. The Morgan fingerprint density at radius 1 is 1.04 bits per heavy atom. The van der Waals surface area contributed by atoms with Gasteiger partial charge in [0.1, 0.15) is 19.9 Å². The summed E-state index contributed by atoms with van der Waals surface area (Å²) in [5, 5.41) is 10.1. The Bertz CT molecular complexity index is 725. The number of hydrogen-bond donors (Lipinski definition) is 1. The second-order valence-electron chi connectivity index (χ2n) is 6.84. The molecule has 0 amide bonds. The van der Waals surface area contributed by atoms with Crippen LogP contribution >= 0.6 is 0 Å². The van der Waals surface area contributed by atoms with E-state index in [1.807, 2.05) is 0 Å². The molecule has 0 fully saturated rings. The third kappa shape index (κ3) is 4.52. The number of alkyl halides is 2. The van der Waals surface area contributed by atoms with Crippen molar-refractivity contribution in [2.24, 2.45) is 4.99 Å². The standard InChI is InChI=1S/C19H23F2NO2Si/c1-24-16-12-10-15(11-13-16)22-18(25(2,3)4)19(20,21)17(23)14-8-6-5-7-9-14/h5-13,17,23H,1-4H3. The highest BCUT2D eigenvalue weighted by atomic mass is 28.3. The Morgan fingerprint density at radius 2 is 1.60 bits per heavy atom. The van der Waals surface area contributed by atoms with E-state index in [0.29, 0.717) is 11.4 Å². The van der Waals surface area contributed by atoms with Crippen LogP contribution in [0.4, 0.5) is 14.5 Å². The number of ether oxygens (including phenoxy) is 1. The van der Waals surface area contributed by atoms with Gasteiger partial charge >= 0.3 is 5.92 Å². The monoisotopic (exact) mass is 363 g/mol. The summed E-state index contributed by atoms with van der Waals surface area (Å²) in [5.41, 5.74) is 0.589. The third-order valence-electron chi connectivity index (χ3n) is 3.80. The van der Waals surface area contributed by atoms with E-state index in [1.165, 1.54) is 19.2 Å². The number of benzene rings is 2. The summed E-state index contributed by atoms with van der Waals surface area (Å²) in [6.07, 6.45) is -1.93. The molecule has 0 aliphatic rings. The number of aliphatic hydroxyl groups is 1. The Kier molecular flexibility index (Phi) is 5.75. The van der Waals surface area contributed by atoms with Crippen molar-refractivity contribution in [3.8, 4) is 5.75 Å². The van der Waals surface area contributed by atoms with Gasteiger partial charge in [0, 0.05) is 0 Å². The lowest BCUT2D eigenvalue weighted by Gasteiger charge is -2.31. The van der Waals surface area contributed by atoms with Gasteiger partial charge in [0.2, 0.25) is 0 Å². The summed E-state index contributed by atoms with van der Waals surface area (Å²) in [7, 11) is -0.976. The van der Waals surface area contributed by atoms with Gasteiger partial charge in [0.15, 0.2) is 0 Å². The molecule has 1 N–H and O–H groups in total. The van der Waals surface area contributed by atoms with Crippen LogP contribution in [0.5, 0.6) is 5.75 Å². The number of methoxy groups -OCH3 is 1. The van der Waals surface area contributed by atoms with Gasteiger partial charge in [-0.3, -0.25) is 4.99 Å². The molecule has 3 nitrogen and oxygen atoms in total. The van der Waals surface area contributed by atoms with Gasteiger partial charge < -0.3 is 9.84 Å². The Hall–Kier alpha value is -2.05. The van der Waals surface area contributed by atoms with Crippen molar-refractivity contribution >= 4 is 19.1 Å². The molecule has 134 valence electrons. The van der Waals surface area contributed by atoms with Crippen molar-refractivity contribution in [1.29, 1.82) is 0 Å². The van der Waals surface area contributed by atoms with Gasteiger partial charge in [-0.1, -0.05) is 50.0 Å². The van der Waals surface area contributed by atoms with Crippen molar-refractivity contribution in [1.82, 2.24) is 0 Å². The van der Waals surface area contributed by atoms with Crippen LogP contribution in [0, 0.1) is 0 Å². The van der Waals surface area contributed by atoms with Crippen molar-refractivity contribution in [3.63, 3.8) is 0 Å². The van der Waals surface area contributed by atoms with Crippen LogP contribution in [0.25, 0.3) is 0 Å². The summed E-state index contributed by atoms with van der Waals surface area (Å²) in [4.78, 5) is 4.24. The fourth-order valence-electron chi connectivity index (χ4n) is 2.50. The highest BCUT2D eigenvalue weighted by Crippen LogP contribution is 2.37. The van der Waals surface area contributed by atoms with Crippen LogP contribution in [-0.2, 0) is 0 Å². The van der Waals surface area contributed by atoms with Crippen LogP contribution in [0.15, 0.2) is 59.6 Å². The van der Waals surface area contributed by atoms with Crippen LogP contribution in [0.1, 0.15) is 11.7 Å². The fraction of sp³-hybridized carbons (Fsp3) is 0.316. The molecule has 2 aromatic carbocycles. The molecule has 0 saturated carbocycles. The number of rotatable bonds is 6. The lowest BCUT2D eigenvalue weighted by molar-refractivity contribution is -0.0533. The van der Waals surface area contributed by atoms with E-state index in [-0.39, 0.29) is 10.9 Å². The first-order valence-corrected chi connectivity index (χ1v) is 11.5. The lowest BCUT2D eigenvalue weighted by Crippen LogP contribution is -2.49. The topological polar surface area (TPSA) is 41.8 Å². The van der Waals surface area contributed by atoms with Crippen molar-refractivity contribution in [2.75, 3.05) is 7.11 Å². The molecule has 0 saturated heterocycles. The molecule has 2 aromatic rings. The molecule has 0 radical (unpaired) electrons. The maximum atomic E-state index is 15.1. The lowest BCUT2D eigenvalue weighted by atomic mass is 10.0. The number of aliphatic hydroxyl groups excluding tert-OH is 1. The minimum atomic E-state index is -3.45. The van der Waals surface area contributed by atoms with Crippen LogP contribution in [0.2, 0.25) is 19.6 Å². The summed E-state index contributed by atoms with van der Waals surface area (Å²) in [6.45, 7) is 5.38. The van der Waals surface area contributed by atoms with E-state index >= 15 is 8.78 Å². The number of nitrogens with zero attached hydrogens (tertiary/aromatic N) is 1. The zero-order valence-electron chi connectivity index (χ0n) is 14.8. The average molecular weight is 363 g/mol. The Balaban J connectivity index is 2.46. The van der Waals surface area contributed by atoms with E-state index in [1.54, 1.807) is 62.1 Å². The molecule has 0 aromatic heterocycles. The minimum Gasteiger partial charge on any atom is -0.497 e. The summed E-state index contributed by atoms with van der Waals surface area (Å²) < 4.78 is 35.3. The summed E-state index contributed by atoms with van der Waals surface area (Å²) >= 11 is 0. The summed E-state index contributed by atoms with van der Waals surface area (Å²) in [6, 6.07) is 14.6. The highest BCUT2D eigenvalue weighted by Gasteiger charge is 2.49. The van der Waals surface area contributed by atoms with Gasteiger partial charge in [-0.15, -0.1) is 0 Å². The van der Waals surface area contributed by atoms with Crippen molar-refractivity contribution < 1.29 is 18.6 Å². The van der Waals surface area contributed by atoms with Gasteiger partial charge in [-0.25, -0.2) is 0 Å². The molecule has 25 heavy (non-hydrogen) atoms. The molecule has 0 aliphatic carbocycles. The number of hydrogen-bond acceptors (Lipinski definition) is 3. The Morgan fingerprint density at radius 3 is 2.08 bits per heavy atom. The van der Waals surface area contributed by atoms with Gasteiger partial charge in [0.05, 0.1) is 18.1 Å². The Labute approximate surface area is 148 Å². The molecular formula is C19H23F2NO2Si. The first-order valence-electron chi connectivity index (χ1n) is 8.01. The largest absolute Gasteiger partial charge is 0.497 e. The van der Waals surface area contributed by atoms with Crippen LogP contribution < -0.4 is 4.74 Å². The zero-order valence-corrected chi connectivity index (χ0v) is 15.8. The van der Waals surface area contributed by atoms with Gasteiger partial charge in [0.25, 0.3) is 0 Å². The SMILES string of the molecule is COc1ccc(N=C(C(F)(F)C(O)c2ccccc2)[Si](C)(C)C)cc1. The van der Waals surface area contributed by atoms with Crippen LogP contribution in [0.3, 0.4) is 0 Å². The van der Waals surface area contributed by atoms with E-state index in [2.05, 4.69) is 4.99 Å². The number of aliphatic imine (C=N–C) groups is 1. The van der Waals surface area contributed by atoms with Crippen molar-refractivity contribution in [2.45, 2.75) is 31.7 Å². The zero-order chi connectivity index (χ0) is 18.7. The smallest absolute Gasteiger partial charge is 0.311 e. The maximum Gasteiger partial charge on any atom is 0.311 e. The predicted octanol–water partition coefficient (Wildman–Crippen LogP) is 5.01. The first kappa shape index (κ1) is 19.3. The third-order valence-corrected chi connectivity index (χ3v) is 5.66. The van der Waals surface area contributed by atoms with Crippen molar-refractivity contribution in [3.05, 3.63) is 60.2 Å². The van der Waals surface area contributed by atoms with Crippen LogP contribution in [-0.4, -0.2) is 31.5 Å². The molecule has 1 unspecified atom stereocenters. The molecule has 1 atom stereocenters. The van der Waals surface area contributed by atoms with Gasteiger partial charge in [-0.2, -0.15) is 8.78 Å². The molecule has 6 heteroatoms. The highest BCUT2D eigenvalue weighted by molar-refractivity contribution is 7.05. The quantitative estimate of drug-likeness (QED) is 0.579. The normalized spacial score (nSPS) is 14.3. The van der Waals surface area contributed by atoms with E-state index in [0.717, 1.165) is 0 Å². The minimum absolute atomic E-state index is 0.174. The van der Waals surface area contributed by atoms with E-state index in [9.17, 15) is 5.11 Å². The maximum absolute atomic E-state index is 15.1. The average Bonchev–Trinajstić information content (AvgIpc) is 2.59. The molecular weight excluding hydrogens is 340 g/mol. The molecule has 0 spiro atoms. The van der Waals surface area contributed by atoms with E-state index in [4.69, 9.17) is 4.74 Å². The molecule has 2 rings (SSSR count). The first-order chi connectivity index (χ1) is 11.7. The molecule has 0 bridgehead atoms.